The largest absolute Gasteiger partial charge is 0.479 e. The van der Waals surface area contributed by atoms with Gasteiger partial charge in [-0.15, -0.1) is 0 Å². The van der Waals surface area contributed by atoms with Gasteiger partial charge in [0.05, 0.1) is 11.5 Å². The number of hydrogen-bond acceptors (Lipinski definition) is 4. The molecule has 0 saturated heterocycles. The summed E-state index contributed by atoms with van der Waals surface area (Å²) in [5, 5.41) is 18.9. The normalized spacial score (nSPS) is 12.1. The van der Waals surface area contributed by atoms with Gasteiger partial charge >= 0.3 is 11.7 Å². The number of carbonyl (C=O) groups is 1. The fourth-order valence-corrected chi connectivity index (χ4v) is 1.08. The summed E-state index contributed by atoms with van der Waals surface area (Å²) in [5.74, 6) is -2.11. The number of aliphatic carboxylic acids is 1. The van der Waals surface area contributed by atoms with E-state index in [0.717, 1.165) is 12.1 Å². The van der Waals surface area contributed by atoms with Crippen molar-refractivity contribution < 1.29 is 24.0 Å². The summed E-state index contributed by atoms with van der Waals surface area (Å²) in [5.41, 5.74) is -0.291. The monoisotopic (exact) mass is 243 g/mol. The SMILES string of the molecule is C[C@H](OCc1ccc([N+](=O)[O-])c(F)c1)C(=O)O. The van der Waals surface area contributed by atoms with Gasteiger partial charge in [-0.3, -0.25) is 10.1 Å². The number of benzene rings is 1. The molecular weight excluding hydrogens is 233 g/mol. The average Bonchev–Trinajstić information content (AvgIpc) is 2.25. The summed E-state index contributed by atoms with van der Waals surface area (Å²) in [6.45, 7) is 1.21. The summed E-state index contributed by atoms with van der Waals surface area (Å²) < 4.78 is 18.1. The topological polar surface area (TPSA) is 89.7 Å². The zero-order chi connectivity index (χ0) is 13.0. The van der Waals surface area contributed by atoms with Gasteiger partial charge in [-0.2, -0.15) is 4.39 Å². The first-order valence-electron chi connectivity index (χ1n) is 4.69. The Balaban J connectivity index is 2.71. The van der Waals surface area contributed by atoms with Crippen molar-refractivity contribution in [3.8, 4) is 0 Å². The Hall–Kier alpha value is -2.02. The lowest BCUT2D eigenvalue weighted by atomic mass is 10.2. The fraction of sp³-hybridized carbons (Fsp3) is 0.300. The first-order valence-corrected chi connectivity index (χ1v) is 4.69. The van der Waals surface area contributed by atoms with E-state index in [0.29, 0.717) is 5.56 Å². The Morgan fingerprint density at radius 2 is 2.29 bits per heavy atom. The van der Waals surface area contributed by atoms with Gasteiger partial charge in [-0.05, 0) is 24.6 Å². The molecule has 1 N–H and O–H groups in total. The van der Waals surface area contributed by atoms with Crippen molar-refractivity contribution in [2.24, 2.45) is 0 Å². The van der Waals surface area contributed by atoms with E-state index in [4.69, 9.17) is 9.84 Å². The lowest BCUT2D eigenvalue weighted by molar-refractivity contribution is -0.387. The molecule has 0 aliphatic rings. The van der Waals surface area contributed by atoms with Gasteiger partial charge in [0.15, 0.2) is 6.10 Å². The van der Waals surface area contributed by atoms with Gasteiger partial charge in [0, 0.05) is 6.07 Å². The van der Waals surface area contributed by atoms with Crippen LogP contribution in [-0.2, 0) is 16.1 Å². The number of halogens is 1. The van der Waals surface area contributed by atoms with E-state index >= 15 is 0 Å². The van der Waals surface area contributed by atoms with Gasteiger partial charge in [-0.25, -0.2) is 4.79 Å². The van der Waals surface area contributed by atoms with Gasteiger partial charge in [0.1, 0.15) is 0 Å². The standard InChI is InChI=1S/C10H10FNO5/c1-6(10(13)14)17-5-7-2-3-9(12(15)16)8(11)4-7/h2-4,6H,5H2,1H3,(H,13,14)/t6-/m0/s1. The number of ether oxygens (including phenoxy) is 1. The summed E-state index contributed by atoms with van der Waals surface area (Å²) in [7, 11) is 0. The van der Waals surface area contributed by atoms with E-state index in [-0.39, 0.29) is 6.61 Å². The van der Waals surface area contributed by atoms with Crippen LogP contribution < -0.4 is 0 Å². The van der Waals surface area contributed by atoms with E-state index in [2.05, 4.69) is 0 Å². The van der Waals surface area contributed by atoms with Crippen LogP contribution in [-0.4, -0.2) is 22.1 Å². The molecule has 0 spiro atoms. The van der Waals surface area contributed by atoms with Crippen LogP contribution >= 0.6 is 0 Å². The molecule has 0 unspecified atom stereocenters. The van der Waals surface area contributed by atoms with Crippen molar-refractivity contribution in [2.75, 3.05) is 0 Å². The third-order valence-electron chi connectivity index (χ3n) is 2.06. The van der Waals surface area contributed by atoms with Crippen molar-refractivity contribution in [1.82, 2.24) is 0 Å². The molecule has 0 fully saturated rings. The molecule has 17 heavy (non-hydrogen) atoms. The maximum atomic E-state index is 13.2. The fourth-order valence-electron chi connectivity index (χ4n) is 1.08. The number of nitro groups is 1. The maximum absolute atomic E-state index is 13.2. The highest BCUT2D eigenvalue weighted by Crippen LogP contribution is 2.18. The van der Waals surface area contributed by atoms with Crippen LogP contribution in [0.15, 0.2) is 18.2 Å². The van der Waals surface area contributed by atoms with Crippen LogP contribution in [0, 0.1) is 15.9 Å². The van der Waals surface area contributed by atoms with Crippen LogP contribution in [0.1, 0.15) is 12.5 Å². The number of nitrogens with zero attached hydrogens (tertiary/aromatic N) is 1. The molecule has 7 heteroatoms. The molecule has 92 valence electrons. The lowest BCUT2D eigenvalue weighted by Crippen LogP contribution is -2.19. The first kappa shape index (κ1) is 13.0. The quantitative estimate of drug-likeness (QED) is 0.628. The highest BCUT2D eigenvalue weighted by Gasteiger charge is 2.15. The second kappa shape index (κ2) is 5.35. The van der Waals surface area contributed by atoms with Crippen molar-refractivity contribution in [2.45, 2.75) is 19.6 Å². The third-order valence-corrected chi connectivity index (χ3v) is 2.06. The van der Waals surface area contributed by atoms with E-state index in [1.165, 1.54) is 13.0 Å². The van der Waals surface area contributed by atoms with E-state index in [1.54, 1.807) is 0 Å². The lowest BCUT2D eigenvalue weighted by Gasteiger charge is -2.08. The molecule has 0 heterocycles. The Kier molecular flexibility index (Phi) is 4.11. The summed E-state index contributed by atoms with van der Waals surface area (Å²) in [6.07, 6.45) is -1.02. The second-order valence-corrected chi connectivity index (χ2v) is 3.33. The molecule has 0 aromatic heterocycles. The number of nitro benzene ring substituents is 1. The molecule has 0 saturated carbocycles. The predicted molar refractivity (Wildman–Crippen MR) is 54.9 cm³/mol. The minimum Gasteiger partial charge on any atom is -0.479 e. The van der Waals surface area contributed by atoms with Gasteiger partial charge in [0.2, 0.25) is 5.82 Å². The predicted octanol–water partition coefficient (Wildman–Crippen LogP) is 1.72. The summed E-state index contributed by atoms with van der Waals surface area (Å²) >= 11 is 0. The molecule has 1 aromatic rings. The van der Waals surface area contributed by atoms with Crippen LogP contribution in [0.5, 0.6) is 0 Å². The van der Waals surface area contributed by atoms with Gasteiger partial charge < -0.3 is 9.84 Å². The van der Waals surface area contributed by atoms with Crippen molar-refractivity contribution >= 4 is 11.7 Å². The summed E-state index contributed by atoms with van der Waals surface area (Å²) in [4.78, 5) is 20.0. The van der Waals surface area contributed by atoms with Gasteiger partial charge in [-0.1, -0.05) is 0 Å². The highest BCUT2D eigenvalue weighted by molar-refractivity contribution is 5.71. The van der Waals surface area contributed by atoms with Crippen LogP contribution in [0.25, 0.3) is 0 Å². The highest BCUT2D eigenvalue weighted by atomic mass is 19.1. The summed E-state index contributed by atoms with van der Waals surface area (Å²) in [6, 6.07) is 3.28. The molecule has 0 bridgehead atoms. The van der Waals surface area contributed by atoms with Crippen molar-refractivity contribution in [3.63, 3.8) is 0 Å². The van der Waals surface area contributed by atoms with Crippen LogP contribution in [0.4, 0.5) is 10.1 Å². The zero-order valence-corrected chi connectivity index (χ0v) is 8.92. The zero-order valence-electron chi connectivity index (χ0n) is 8.92. The molecule has 6 nitrogen and oxygen atoms in total. The average molecular weight is 243 g/mol. The Morgan fingerprint density at radius 1 is 1.65 bits per heavy atom. The Morgan fingerprint density at radius 3 is 2.76 bits per heavy atom. The second-order valence-electron chi connectivity index (χ2n) is 3.33. The van der Waals surface area contributed by atoms with Gasteiger partial charge in [0.25, 0.3) is 0 Å². The minimum atomic E-state index is -1.13. The van der Waals surface area contributed by atoms with E-state index < -0.39 is 28.5 Å². The number of rotatable bonds is 5. The molecular formula is C10H10FNO5. The van der Waals surface area contributed by atoms with E-state index in [9.17, 15) is 19.3 Å². The minimum absolute atomic E-state index is 0.123. The van der Waals surface area contributed by atoms with Crippen LogP contribution in [0.3, 0.4) is 0 Å². The van der Waals surface area contributed by atoms with Crippen molar-refractivity contribution in [3.05, 3.63) is 39.7 Å². The van der Waals surface area contributed by atoms with Crippen LogP contribution in [0.2, 0.25) is 0 Å². The van der Waals surface area contributed by atoms with Crippen molar-refractivity contribution in [1.29, 1.82) is 0 Å². The molecule has 1 atom stereocenters. The smallest absolute Gasteiger partial charge is 0.332 e. The molecule has 0 amide bonds. The number of carboxylic acid groups (broad SMARTS) is 1. The molecule has 1 rings (SSSR count). The Bertz CT molecular complexity index is 448. The Labute approximate surface area is 95.8 Å². The number of carboxylic acids is 1. The molecule has 0 aliphatic carbocycles. The first-order chi connectivity index (χ1) is 7.91. The van der Waals surface area contributed by atoms with E-state index in [1.807, 2.05) is 0 Å². The molecule has 0 aliphatic heterocycles. The maximum Gasteiger partial charge on any atom is 0.332 e. The third kappa shape index (κ3) is 3.49. The molecule has 0 radical (unpaired) electrons. The number of hydrogen-bond donors (Lipinski definition) is 1. The molecule has 1 aromatic carbocycles.